The highest BCUT2D eigenvalue weighted by Gasteiger charge is 2.32. The number of carbonyl (C=O) groups is 3. The molecule has 1 saturated heterocycles. The Labute approximate surface area is 196 Å². The fraction of sp³-hybridized carbons (Fsp3) is 0.238. The number of carboxylic acids is 1. The summed E-state index contributed by atoms with van der Waals surface area (Å²) in [5, 5.41) is 13.0. The zero-order chi connectivity index (χ0) is 23.3. The maximum atomic E-state index is 13.5. The molecule has 0 bridgehead atoms. The van der Waals surface area contributed by atoms with Gasteiger partial charge in [-0.2, -0.15) is 0 Å². The number of benzene rings is 1. The third-order valence-electron chi connectivity index (χ3n) is 4.47. The largest absolute Gasteiger partial charge is 0.481 e. The maximum Gasteiger partial charge on any atom is 0.303 e. The molecule has 0 saturated carbocycles. The predicted octanol–water partition coefficient (Wildman–Crippen LogP) is 4.27. The number of rotatable bonds is 9. The van der Waals surface area contributed by atoms with E-state index in [2.05, 4.69) is 5.32 Å². The molecule has 1 aliphatic rings. The molecule has 1 aromatic heterocycles. The van der Waals surface area contributed by atoms with Crippen molar-refractivity contribution in [3.8, 4) is 11.1 Å². The molecule has 168 valence electrons. The fourth-order valence-corrected chi connectivity index (χ4v) is 5.07. The summed E-state index contributed by atoms with van der Waals surface area (Å²) in [5.41, 5.74) is 1.23. The molecule has 0 unspecified atom stereocenters. The number of carboxylic acid groups (broad SMARTS) is 1. The first kappa shape index (κ1) is 24.0. The van der Waals surface area contributed by atoms with Gasteiger partial charge in [0.15, 0.2) is 11.6 Å². The zero-order valence-electron chi connectivity index (χ0n) is 16.6. The summed E-state index contributed by atoms with van der Waals surface area (Å²) in [7, 11) is 0. The number of carbonyl (C=O) groups excluding carboxylic acids is 2. The van der Waals surface area contributed by atoms with Crippen LogP contribution in [0.1, 0.15) is 24.1 Å². The highest BCUT2D eigenvalue weighted by atomic mass is 32.2. The molecule has 1 fully saturated rings. The molecular formula is C21H18F2N2O4S3. The van der Waals surface area contributed by atoms with Gasteiger partial charge < -0.3 is 10.4 Å². The molecule has 1 aliphatic heterocycles. The van der Waals surface area contributed by atoms with E-state index in [1.807, 2.05) is 0 Å². The van der Waals surface area contributed by atoms with Crippen LogP contribution in [0.25, 0.3) is 17.2 Å². The van der Waals surface area contributed by atoms with Gasteiger partial charge in [0.1, 0.15) is 4.32 Å². The van der Waals surface area contributed by atoms with Gasteiger partial charge in [0.2, 0.25) is 5.91 Å². The number of amides is 2. The van der Waals surface area contributed by atoms with Gasteiger partial charge in [-0.1, -0.05) is 30.0 Å². The molecule has 2 aromatic rings. The van der Waals surface area contributed by atoms with Crippen LogP contribution in [-0.2, 0) is 14.4 Å². The van der Waals surface area contributed by atoms with E-state index in [0.717, 1.165) is 28.8 Å². The van der Waals surface area contributed by atoms with Crippen LogP contribution < -0.4 is 5.32 Å². The zero-order valence-corrected chi connectivity index (χ0v) is 19.0. The van der Waals surface area contributed by atoms with Crippen molar-refractivity contribution >= 4 is 63.5 Å². The Hall–Kier alpha value is -2.63. The maximum absolute atomic E-state index is 13.5. The van der Waals surface area contributed by atoms with Gasteiger partial charge >= 0.3 is 5.97 Å². The summed E-state index contributed by atoms with van der Waals surface area (Å²) >= 11 is 7.75. The third-order valence-corrected chi connectivity index (χ3v) is 6.73. The van der Waals surface area contributed by atoms with Gasteiger partial charge in [0.05, 0.1) is 4.91 Å². The lowest BCUT2D eigenvalue weighted by Gasteiger charge is -2.14. The van der Waals surface area contributed by atoms with Crippen molar-refractivity contribution in [3.63, 3.8) is 0 Å². The first-order valence-corrected chi connectivity index (χ1v) is 11.6. The van der Waals surface area contributed by atoms with Crippen LogP contribution in [0.15, 0.2) is 34.6 Å². The Bertz CT molecular complexity index is 1100. The number of hydrogen-bond donors (Lipinski definition) is 2. The molecule has 1 aromatic carbocycles. The van der Waals surface area contributed by atoms with E-state index >= 15 is 0 Å². The Kier molecular flexibility index (Phi) is 8.10. The van der Waals surface area contributed by atoms with Crippen LogP contribution in [0.2, 0.25) is 0 Å². The minimum atomic E-state index is -0.929. The highest BCUT2D eigenvalue weighted by molar-refractivity contribution is 8.26. The van der Waals surface area contributed by atoms with Crippen molar-refractivity contribution in [3.05, 3.63) is 51.1 Å². The SMILES string of the molecule is O=C(O)CCCNC(=O)CCN1C(=O)C(=Cc2cc(-c3ccc(F)c(F)c3)cs2)SC1=S. The van der Waals surface area contributed by atoms with E-state index in [0.29, 0.717) is 26.8 Å². The topological polar surface area (TPSA) is 86.7 Å². The van der Waals surface area contributed by atoms with Gasteiger partial charge in [-0.3, -0.25) is 19.3 Å². The van der Waals surface area contributed by atoms with Gasteiger partial charge in [0.25, 0.3) is 5.91 Å². The van der Waals surface area contributed by atoms with E-state index in [1.54, 1.807) is 17.5 Å². The quantitative estimate of drug-likeness (QED) is 0.306. The van der Waals surface area contributed by atoms with E-state index in [-0.39, 0.29) is 37.7 Å². The minimum Gasteiger partial charge on any atom is -0.481 e. The van der Waals surface area contributed by atoms with Crippen molar-refractivity contribution < 1.29 is 28.3 Å². The van der Waals surface area contributed by atoms with Gasteiger partial charge in [-0.25, -0.2) is 8.78 Å². The lowest BCUT2D eigenvalue weighted by molar-refractivity contribution is -0.137. The molecule has 2 amide bonds. The molecule has 0 radical (unpaired) electrons. The van der Waals surface area contributed by atoms with E-state index in [1.165, 1.54) is 22.3 Å². The molecule has 2 N–H and O–H groups in total. The van der Waals surface area contributed by atoms with E-state index in [4.69, 9.17) is 17.3 Å². The van der Waals surface area contributed by atoms with Crippen LogP contribution in [0.5, 0.6) is 0 Å². The van der Waals surface area contributed by atoms with E-state index in [9.17, 15) is 23.2 Å². The normalized spacial score (nSPS) is 14.9. The van der Waals surface area contributed by atoms with Crippen LogP contribution >= 0.6 is 35.3 Å². The number of hydrogen-bond acceptors (Lipinski definition) is 6. The van der Waals surface area contributed by atoms with Gasteiger partial charge in [-0.15, -0.1) is 11.3 Å². The summed E-state index contributed by atoms with van der Waals surface area (Å²) in [6.07, 6.45) is 2.03. The first-order chi connectivity index (χ1) is 15.2. The van der Waals surface area contributed by atoms with Crippen LogP contribution in [0.3, 0.4) is 0 Å². The smallest absolute Gasteiger partial charge is 0.303 e. The van der Waals surface area contributed by atoms with Gasteiger partial charge in [-0.05, 0) is 47.2 Å². The van der Waals surface area contributed by atoms with Crippen LogP contribution in [-0.4, -0.2) is 45.2 Å². The van der Waals surface area contributed by atoms with Crippen molar-refractivity contribution in [2.45, 2.75) is 19.3 Å². The monoisotopic (exact) mass is 496 g/mol. The Morgan fingerprint density at radius 3 is 2.66 bits per heavy atom. The van der Waals surface area contributed by atoms with Crippen molar-refractivity contribution in [2.75, 3.05) is 13.1 Å². The van der Waals surface area contributed by atoms with Crippen molar-refractivity contribution in [1.82, 2.24) is 10.2 Å². The minimum absolute atomic E-state index is 0.0275. The molecule has 0 spiro atoms. The number of thiocarbonyl (C=S) groups is 1. The molecule has 0 atom stereocenters. The second kappa shape index (κ2) is 10.8. The molecule has 2 heterocycles. The molecular weight excluding hydrogens is 478 g/mol. The number of nitrogens with zero attached hydrogens (tertiary/aromatic N) is 1. The first-order valence-electron chi connectivity index (χ1n) is 9.52. The van der Waals surface area contributed by atoms with Crippen LogP contribution in [0.4, 0.5) is 8.78 Å². The second-order valence-electron chi connectivity index (χ2n) is 6.80. The summed E-state index contributed by atoms with van der Waals surface area (Å²) in [6.45, 7) is 0.374. The summed E-state index contributed by atoms with van der Waals surface area (Å²) in [4.78, 5) is 37.6. The molecule has 11 heteroatoms. The average Bonchev–Trinajstić information content (AvgIpc) is 3.31. The number of nitrogens with one attached hydrogen (secondary N) is 1. The molecule has 3 rings (SSSR count). The lowest BCUT2D eigenvalue weighted by atomic mass is 10.1. The molecule has 0 aliphatic carbocycles. The summed E-state index contributed by atoms with van der Waals surface area (Å²) in [5.74, 6) is -3.36. The number of halogens is 2. The average molecular weight is 497 g/mol. The second-order valence-corrected chi connectivity index (χ2v) is 9.42. The van der Waals surface area contributed by atoms with Crippen molar-refractivity contribution in [1.29, 1.82) is 0 Å². The Morgan fingerprint density at radius 1 is 1.16 bits per heavy atom. The lowest BCUT2D eigenvalue weighted by Crippen LogP contribution is -2.33. The van der Waals surface area contributed by atoms with Gasteiger partial charge in [0, 0.05) is 30.8 Å². The number of thiophene rings is 1. The Balaban J connectivity index is 1.58. The van der Waals surface area contributed by atoms with E-state index < -0.39 is 17.6 Å². The van der Waals surface area contributed by atoms with Crippen molar-refractivity contribution in [2.24, 2.45) is 0 Å². The summed E-state index contributed by atoms with van der Waals surface area (Å²) in [6, 6.07) is 5.44. The highest BCUT2D eigenvalue weighted by Crippen LogP contribution is 2.35. The third kappa shape index (κ3) is 6.21. The standard InChI is InChI=1S/C21H18F2N2O4S3/c22-15-4-3-12(9-16(15)23)13-8-14(31-11-13)10-17-20(29)25(21(30)32-17)7-5-18(26)24-6-1-2-19(27)28/h3-4,8-11H,1-2,5-7H2,(H,24,26)(H,27,28). The predicted molar refractivity (Wildman–Crippen MR) is 124 cm³/mol. The Morgan fingerprint density at radius 2 is 1.94 bits per heavy atom. The fourth-order valence-electron chi connectivity index (χ4n) is 2.85. The number of thioether (sulfide) groups is 1. The molecule has 6 nitrogen and oxygen atoms in total. The number of aliphatic carboxylic acids is 1. The summed E-state index contributed by atoms with van der Waals surface area (Å²) < 4.78 is 27.0. The van der Waals surface area contributed by atoms with Crippen LogP contribution in [0, 0.1) is 11.6 Å². The molecule has 32 heavy (non-hydrogen) atoms.